The van der Waals surface area contributed by atoms with Crippen molar-refractivity contribution in [2.45, 2.75) is 13.5 Å². The fourth-order valence-electron chi connectivity index (χ4n) is 1.96. The highest BCUT2D eigenvalue weighted by molar-refractivity contribution is 5.91. The third kappa shape index (κ3) is 2.56. The molecule has 0 radical (unpaired) electrons. The molecule has 5 nitrogen and oxygen atoms in total. The molecule has 0 aliphatic carbocycles. The molecule has 20 heavy (non-hydrogen) atoms. The minimum atomic E-state index is 0.351. The predicted octanol–water partition coefficient (Wildman–Crippen LogP) is 2.53. The van der Waals surface area contributed by atoms with Gasteiger partial charge in [0.1, 0.15) is 17.3 Å². The molecule has 2 N–H and O–H groups in total. The lowest BCUT2D eigenvalue weighted by Crippen LogP contribution is -2.03. The van der Waals surface area contributed by atoms with Gasteiger partial charge in [-0.25, -0.2) is 4.68 Å². The molecule has 0 saturated heterocycles. The van der Waals surface area contributed by atoms with Gasteiger partial charge in [0, 0.05) is 5.56 Å². The molecule has 104 valence electrons. The number of anilines is 1. The van der Waals surface area contributed by atoms with E-state index >= 15 is 0 Å². The Hall–Kier alpha value is -2.56. The molecule has 2 rings (SSSR count). The first-order valence-corrected chi connectivity index (χ1v) is 6.36. The van der Waals surface area contributed by atoms with E-state index in [1.54, 1.807) is 10.8 Å². The summed E-state index contributed by atoms with van der Waals surface area (Å²) in [5.41, 5.74) is 7.71. The van der Waals surface area contributed by atoms with Crippen LogP contribution in [0.25, 0.3) is 11.3 Å². The Kier molecular flexibility index (Phi) is 4.20. The fourth-order valence-corrected chi connectivity index (χ4v) is 1.96. The average molecular weight is 271 g/mol. The number of rotatable bonds is 6. The summed E-state index contributed by atoms with van der Waals surface area (Å²) in [4.78, 5) is 11.2. The van der Waals surface area contributed by atoms with Gasteiger partial charge < -0.3 is 10.5 Å². The molecule has 0 bridgehead atoms. The molecule has 1 heterocycles. The molecule has 0 atom stereocenters. The van der Waals surface area contributed by atoms with Crippen molar-refractivity contribution >= 4 is 12.1 Å². The first-order valence-electron chi connectivity index (χ1n) is 6.36. The average Bonchev–Trinajstić information content (AvgIpc) is 2.77. The largest absolute Gasteiger partial charge is 0.494 e. The number of carbonyl (C=O) groups excluding carboxylic acids is 1. The van der Waals surface area contributed by atoms with Gasteiger partial charge in [-0.05, 0) is 31.2 Å². The van der Waals surface area contributed by atoms with Crippen LogP contribution >= 0.6 is 0 Å². The number of nitrogens with zero attached hydrogens (tertiary/aromatic N) is 2. The SMILES string of the molecule is C=CCn1nc(-c2ccc(OCC)cc2)c(C=O)c1N. The van der Waals surface area contributed by atoms with Gasteiger partial charge in [0.25, 0.3) is 0 Å². The first kappa shape index (κ1) is 13.9. The van der Waals surface area contributed by atoms with E-state index in [9.17, 15) is 4.79 Å². The Morgan fingerprint density at radius 1 is 1.40 bits per heavy atom. The van der Waals surface area contributed by atoms with Gasteiger partial charge in [-0.2, -0.15) is 5.10 Å². The third-order valence-electron chi connectivity index (χ3n) is 2.89. The number of benzene rings is 1. The van der Waals surface area contributed by atoms with Crippen molar-refractivity contribution in [2.24, 2.45) is 0 Å². The summed E-state index contributed by atoms with van der Waals surface area (Å²) in [7, 11) is 0. The zero-order valence-electron chi connectivity index (χ0n) is 11.4. The molecule has 0 unspecified atom stereocenters. The van der Waals surface area contributed by atoms with Crippen molar-refractivity contribution in [3.8, 4) is 17.0 Å². The van der Waals surface area contributed by atoms with E-state index in [1.807, 2.05) is 31.2 Å². The highest BCUT2D eigenvalue weighted by atomic mass is 16.5. The number of aromatic nitrogens is 2. The van der Waals surface area contributed by atoms with E-state index in [0.29, 0.717) is 30.2 Å². The summed E-state index contributed by atoms with van der Waals surface area (Å²) in [6.07, 6.45) is 2.41. The minimum Gasteiger partial charge on any atom is -0.494 e. The Bertz CT molecular complexity index is 615. The highest BCUT2D eigenvalue weighted by Gasteiger charge is 2.15. The summed E-state index contributed by atoms with van der Waals surface area (Å²) in [6, 6.07) is 7.41. The maximum absolute atomic E-state index is 11.2. The second kappa shape index (κ2) is 6.06. The van der Waals surface area contributed by atoms with Crippen LogP contribution in [0, 0.1) is 0 Å². The zero-order valence-corrected chi connectivity index (χ0v) is 11.4. The number of hydrogen-bond acceptors (Lipinski definition) is 4. The number of ether oxygens (including phenoxy) is 1. The van der Waals surface area contributed by atoms with E-state index in [4.69, 9.17) is 10.5 Å². The van der Waals surface area contributed by atoms with E-state index < -0.39 is 0 Å². The lowest BCUT2D eigenvalue weighted by molar-refractivity contribution is 0.112. The van der Waals surface area contributed by atoms with Crippen LogP contribution in [0.1, 0.15) is 17.3 Å². The summed E-state index contributed by atoms with van der Waals surface area (Å²) < 4.78 is 6.95. The fraction of sp³-hybridized carbons (Fsp3) is 0.200. The molecule has 1 aromatic carbocycles. The second-order valence-corrected chi connectivity index (χ2v) is 4.19. The lowest BCUT2D eigenvalue weighted by Gasteiger charge is -2.03. The molecular formula is C15H17N3O2. The van der Waals surface area contributed by atoms with E-state index in [1.165, 1.54) is 0 Å². The third-order valence-corrected chi connectivity index (χ3v) is 2.89. The van der Waals surface area contributed by atoms with Crippen molar-refractivity contribution in [3.05, 3.63) is 42.5 Å². The van der Waals surface area contributed by atoms with Gasteiger partial charge in [0.2, 0.25) is 0 Å². The molecule has 2 aromatic rings. The minimum absolute atomic E-state index is 0.351. The van der Waals surface area contributed by atoms with Crippen LogP contribution in [0.5, 0.6) is 5.75 Å². The Balaban J connectivity index is 2.43. The number of aldehydes is 1. The summed E-state index contributed by atoms with van der Waals surface area (Å²) in [6.45, 7) is 6.64. The molecule has 0 saturated carbocycles. The Morgan fingerprint density at radius 3 is 2.65 bits per heavy atom. The quantitative estimate of drug-likeness (QED) is 0.647. The molecule has 0 aliphatic heterocycles. The maximum Gasteiger partial charge on any atom is 0.156 e. The number of hydrogen-bond donors (Lipinski definition) is 1. The standard InChI is InChI=1S/C15H17N3O2/c1-3-9-18-15(16)13(10-19)14(17-18)11-5-7-12(8-6-11)20-4-2/h3,5-8,10H,1,4,9,16H2,2H3. The number of allylic oxidation sites excluding steroid dienone is 1. The van der Waals surface area contributed by atoms with Crippen LogP contribution in [0.3, 0.4) is 0 Å². The predicted molar refractivity (Wildman–Crippen MR) is 78.8 cm³/mol. The number of carbonyl (C=O) groups is 1. The summed E-state index contributed by atoms with van der Waals surface area (Å²) >= 11 is 0. The van der Waals surface area contributed by atoms with Gasteiger partial charge in [0.15, 0.2) is 6.29 Å². The maximum atomic E-state index is 11.2. The van der Waals surface area contributed by atoms with Gasteiger partial charge in [0.05, 0.1) is 18.7 Å². The highest BCUT2D eigenvalue weighted by Crippen LogP contribution is 2.27. The van der Waals surface area contributed by atoms with Crippen LogP contribution < -0.4 is 10.5 Å². The molecule has 5 heteroatoms. The molecule has 0 fully saturated rings. The van der Waals surface area contributed by atoms with Crippen LogP contribution in [-0.4, -0.2) is 22.7 Å². The second-order valence-electron chi connectivity index (χ2n) is 4.19. The molecule has 0 amide bonds. The monoisotopic (exact) mass is 271 g/mol. The normalized spacial score (nSPS) is 10.2. The lowest BCUT2D eigenvalue weighted by atomic mass is 10.1. The van der Waals surface area contributed by atoms with E-state index in [2.05, 4.69) is 11.7 Å². The first-order chi connectivity index (χ1) is 9.71. The Labute approximate surface area is 117 Å². The van der Waals surface area contributed by atoms with Crippen LogP contribution in [-0.2, 0) is 6.54 Å². The zero-order chi connectivity index (χ0) is 14.5. The van der Waals surface area contributed by atoms with Crippen LogP contribution in [0.2, 0.25) is 0 Å². The van der Waals surface area contributed by atoms with Crippen molar-refractivity contribution in [1.29, 1.82) is 0 Å². The van der Waals surface area contributed by atoms with Crippen LogP contribution in [0.4, 0.5) is 5.82 Å². The van der Waals surface area contributed by atoms with Crippen molar-refractivity contribution in [2.75, 3.05) is 12.3 Å². The van der Waals surface area contributed by atoms with Crippen molar-refractivity contribution < 1.29 is 9.53 Å². The molecular weight excluding hydrogens is 254 g/mol. The Morgan fingerprint density at radius 2 is 2.10 bits per heavy atom. The van der Waals surface area contributed by atoms with Gasteiger partial charge >= 0.3 is 0 Å². The topological polar surface area (TPSA) is 70.1 Å². The smallest absolute Gasteiger partial charge is 0.156 e. The molecule has 1 aromatic heterocycles. The van der Waals surface area contributed by atoms with Gasteiger partial charge in [-0.15, -0.1) is 6.58 Å². The summed E-state index contributed by atoms with van der Waals surface area (Å²) in [5, 5.41) is 4.36. The molecule has 0 spiro atoms. The van der Waals surface area contributed by atoms with Crippen LogP contribution in [0.15, 0.2) is 36.9 Å². The van der Waals surface area contributed by atoms with E-state index in [-0.39, 0.29) is 0 Å². The number of nitrogen functional groups attached to an aromatic ring is 1. The van der Waals surface area contributed by atoms with Crippen molar-refractivity contribution in [1.82, 2.24) is 9.78 Å². The molecule has 0 aliphatic rings. The van der Waals surface area contributed by atoms with E-state index in [0.717, 1.165) is 17.6 Å². The summed E-state index contributed by atoms with van der Waals surface area (Å²) in [5.74, 6) is 1.13. The van der Waals surface area contributed by atoms with Gasteiger partial charge in [-0.3, -0.25) is 4.79 Å². The van der Waals surface area contributed by atoms with Gasteiger partial charge in [-0.1, -0.05) is 6.08 Å². The van der Waals surface area contributed by atoms with Crippen molar-refractivity contribution in [3.63, 3.8) is 0 Å². The number of nitrogens with two attached hydrogens (primary N) is 1.